The van der Waals surface area contributed by atoms with Crippen LogP contribution < -0.4 is 5.73 Å². The molecule has 1 heterocycles. The minimum absolute atomic E-state index is 0.162. The van der Waals surface area contributed by atoms with Crippen LogP contribution in [0.4, 0.5) is 0 Å². The van der Waals surface area contributed by atoms with E-state index in [1.807, 2.05) is 4.90 Å². The van der Waals surface area contributed by atoms with Gasteiger partial charge in [-0.3, -0.25) is 4.79 Å². The molecular formula is C16H22N2O. The molecule has 19 heavy (non-hydrogen) atoms. The first-order chi connectivity index (χ1) is 9.22. The fourth-order valence-corrected chi connectivity index (χ4v) is 2.85. The highest BCUT2D eigenvalue weighted by Gasteiger charge is 2.24. The van der Waals surface area contributed by atoms with Crippen molar-refractivity contribution in [3.63, 3.8) is 0 Å². The van der Waals surface area contributed by atoms with E-state index in [0.717, 1.165) is 37.4 Å². The van der Waals surface area contributed by atoms with Gasteiger partial charge in [-0.25, -0.2) is 0 Å². The monoisotopic (exact) mass is 258 g/mol. The number of hydrogen-bond acceptors (Lipinski definition) is 2. The number of likely N-dealkylation sites (tertiary alicyclic amines) is 1. The molecule has 1 amide bonds. The van der Waals surface area contributed by atoms with Gasteiger partial charge in [-0.15, -0.1) is 0 Å². The van der Waals surface area contributed by atoms with Gasteiger partial charge in [0.1, 0.15) is 0 Å². The number of piperidine rings is 1. The Balaban J connectivity index is 1.58. The van der Waals surface area contributed by atoms with E-state index in [2.05, 4.69) is 24.3 Å². The zero-order chi connectivity index (χ0) is 13.2. The molecule has 0 radical (unpaired) electrons. The van der Waals surface area contributed by atoms with Crippen molar-refractivity contribution < 1.29 is 4.79 Å². The molecule has 1 aliphatic heterocycles. The lowest BCUT2D eigenvalue weighted by atomic mass is 10.0. The smallest absolute Gasteiger partial charge is 0.227 e. The number of nitrogens with zero attached hydrogens (tertiary/aromatic N) is 1. The molecule has 1 aromatic rings. The fourth-order valence-electron chi connectivity index (χ4n) is 2.85. The summed E-state index contributed by atoms with van der Waals surface area (Å²) in [6.45, 7) is 1.59. The number of carbonyl (C=O) groups is 1. The first-order valence-corrected chi connectivity index (χ1v) is 7.34. The zero-order valence-corrected chi connectivity index (χ0v) is 11.3. The van der Waals surface area contributed by atoms with Crippen LogP contribution in [0.25, 0.3) is 0 Å². The normalized spacial score (nSPS) is 23.4. The predicted octanol–water partition coefficient (Wildman–Crippen LogP) is 2.06. The van der Waals surface area contributed by atoms with E-state index in [0.29, 0.717) is 6.42 Å². The molecule has 1 aliphatic carbocycles. The van der Waals surface area contributed by atoms with Crippen LogP contribution in [-0.4, -0.2) is 29.9 Å². The first-order valence-electron chi connectivity index (χ1n) is 7.34. The van der Waals surface area contributed by atoms with Gasteiger partial charge in [0.15, 0.2) is 0 Å². The number of carbonyl (C=O) groups excluding carboxylic acids is 1. The molecule has 1 atom stereocenters. The van der Waals surface area contributed by atoms with E-state index >= 15 is 0 Å². The number of nitrogens with two attached hydrogens (primary N) is 1. The maximum absolute atomic E-state index is 12.2. The fraction of sp³-hybridized carbons (Fsp3) is 0.562. The molecule has 102 valence electrons. The third-order valence-electron chi connectivity index (χ3n) is 4.19. The van der Waals surface area contributed by atoms with Crippen LogP contribution in [0.1, 0.15) is 42.7 Å². The Kier molecular flexibility index (Phi) is 3.56. The van der Waals surface area contributed by atoms with Crippen molar-refractivity contribution in [3.05, 3.63) is 35.4 Å². The van der Waals surface area contributed by atoms with Gasteiger partial charge >= 0.3 is 0 Å². The van der Waals surface area contributed by atoms with Crippen molar-refractivity contribution in [2.75, 3.05) is 13.1 Å². The number of amides is 1. The maximum atomic E-state index is 12.2. The average Bonchev–Trinajstić information content (AvgIpc) is 3.24. The molecular weight excluding hydrogens is 236 g/mol. The third-order valence-corrected chi connectivity index (χ3v) is 4.19. The van der Waals surface area contributed by atoms with Crippen LogP contribution in [0.2, 0.25) is 0 Å². The zero-order valence-electron chi connectivity index (χ0n) is 11.3. The molecule has 2 aliphatic rings. The van der Waals surface area contributed by atoms with Crippen molar-refractivity contribution in [2.45, 2.75) is 44.1 Å². The number of rotatable bonds is 3. The molecule has 0 unspecified atom stereocenters. The Morgan fingerprint density at radius 2 is 1.95 bits per heavy atom. The molecule has 2 fully saturated rings. The van der Waals surface area contributed by atoms with Crippen molar-refractivity contribution in [2.24, 2.45) is 5.73 Å². The standard InChI is InChI=1S/C16H22N2O/c17-15-2-1-9-18(11-15)16(19)10-12-3-5-13(6-4-12)14-7-8-14/h3-6,14-15H,1-2,7-11,17H2/t15-/m0/s1. The first kappa shape index (κ1) is 12.7. The molecule has 1 saturated carbocycles. The number of hydrogen-bond donors (Lipinski definition) is 1. The summed E-state index contributed by atoms with van der Waals surface area (Å²) in [6, 6.07) is 8.74. The largest absolute Gasteiger partial charge is 0.341 e. The number of benzene rings is 1. The second kappa shape index (κ2) is 5.33. The molecule has 0 bridgehead atoms. The van der Waals surface area contributed by atoms with Crippen LogP contribution >= 0.6 is 0 Å². The summed E-state index contributed by atoms with van der Waals surface area (Å²) in [6.07, 6.45) is 5.24. The van der Waals surface area contributed by atoms with Crippen molar-refractivity contribution in [1.29, 1.82) is 0 Å². The Morgan fingerprint density at radius 1 is 1.21 bits per heavy atom. The second-order valence-corrected chi connectivity index (χ2v) is 5.93. The van der Waals surface area contributed by atoms with Crippen molar-refractivity contribution in [1.82, 2.24) is 4.90 Å². The Hall–Kier alpha value is -1.35. The SMILES string of the molecule is N[C@H]1CCCN(C(=O)Cc2ccc(C3CC3)cc2)C1. The summed E-state index contributed by atoms with van der Waals surface area (Å²) in [4.78, 5) is 14.1. The summed E-state index contributed by atoms with van der Waals surface area (Å²) in [5, 5.41) is 0. The van der Waals surface area contributed by atoms with Crippen molar-refractivity contribution >= 4 is 5.91 Å². The van der Waals surface area contributed by atoms with Gasteiger partial charge in [-0.05, 0) is 42.7 Å². The predicted molar refractivity (Wildman–Crippen MR) is 75.9 cm³/mol. The highest BCUT2D eigenvalue weighted by molar-refractivity contribution is 5.79. The topological polar surface area (TPSA) is 46.3 Å². The van der Waals surface area contributed by atoms with Gasteiger partial charge < -0.3 is 10.6 Å². The summed E-state index contributed by atoms with van der Waals surface area (Å²) >= 11 is 0. The lowest BCUT2D eigenvalue weighted by molar-refractivity contribution is -0.131. The third kappa shape index (κ3) is 3.16. The van der Waals surface area contributed by atoms with Crippen LogP contribution in [0.3, 0.4) is 0 Å². The van der Waals surface area contributed by atoms with Gasteiger partial charge in [-0.2, -0.15) is 0 Å². The molecule has 2 N–H and O–H groups in total. The van der Waals surface area contributed by atoms with E-state index in [1.54, 1.807) is 0 Å². The van der Waals surface area contributed by atoms with Crippen LogP contribution in [0, 0.1) is 0 Å². The van der Waals surface area contributed by atoms with Crippen LogP contribution in [-0.2, 0) is 11.2 Å². The molecule has 1 aromatic carbocycles. The van der Waals surface area contributed by atoms with Gasteiger partial charge in [0.05, 0.1) is 6.42 Å². The second-order valence-electron chi connectivity index (χ2n) is 5.93. The highest BCUT2D eigenvalue weighted by Crippen LogP contribution is 2.39. The molecule has 3 nitrogen and oxygen atoms in total. The lowest BCUT2D eigenvalue weighted by Crippen LogP contribution is -2.46. The van der Waals surface area contributed by atoms with Crippen molar-refractivity contribution in [3.8, 4) is 0 Å². The van der Waals surface area contributed by atoms with Crippen LogP contribution in [0.5, 0.6) is 0 Å². The Labute approximate surface area is 114 Å². The summed E-state index contributed by atoms with van der Waals surface area (Å²) in [5.41, 5.74) is 8.47. The summed E-state index contributed by atoms with van der Waals surface area (Å²) in [7, 11) is 0. The molecule has 0 aromatic heterocycles. The van der Waals surface area contributed by atoms with Crippen LogP contribution in [0.15, 0.2) is 24.3 Å². The summed E-state index contributed by atoms with van der Waals surface area (Å²) < 4.78 is 0. The van der Waals surface area contributed by atoms with Gasteiger partial charge in [0, 0.05) is 19.1 Å². The molecule has 3 rings (SSSR count). The van der Waals surface area contributed by atoms with E-state index < -0.39 is 0 Å². The summed E-state index contributed by atoms with van der Waals surface area (Å²) in [5.74, 6) is 0.999. The molecule has 3 heteroatoms. The maximum Gasteiger partial charge on any atom is 0.227 e. The van der Waals surface area contributed by atoms with Gasteiger partial charge in [0.25, 0.3) is 0 Å². The Bertz CT molecular complexity index is 450. The van der Waals surface area contributed by atoms with Gasteiger partial charge in [0.2, 0.25) is 5.91 Å². The van der Waals surface area contributed by atoms with Gasteiger partial charge in [-0.1, -0.05) is 24.3 Å². The molecule has 0 spiro atoms. The quantitative estimate of drug-likeness (QED) is 0.902. The van der Waals surface area contributed by atoms with E-state index in [4.69, 9.17) is 5.73 Å². The average molecular weight is 258 g/mol. The minimum Gasteiger partial charge on any atom is -0.341 e. The van der Waals surface area contributed by atoms with E-state index in [9.17, 15) is 4.79 Å². The molecule has 1 saturated heterocycles. The highest BCUT2D eigenvalue weighted by atomic mass is 16.2. The lowest BCUT2D eigenvalue weighted by Gasteiger charge is -2.30. The van der Waals surface area contributed by atoms with E-state index in [-0.39, 0.29) is 11.9 Å². The Morgan fingerprint density at radius 3 is 2.58 bits per heavy atom. The van der Waals surface area contributed by atoms with E-state index in [1.165, 1.54) is 18.4 Å². The minimum atomic E-state index is 0.162.